The van der Waals surface area contributed by atoms with Gasteiger partial charge in [-0.05, 0) is 57.9 Å². The summed E-state index contributed by atoms with van der Waals surface area (Å²) in [7, 11) is 0. The molecule has 0 radical (unpaired) electrons. The van der Waals surface area contributed by atoms with E-state index in [2.05, 4.69) is 17.1 Å². The summed E-state index contributed by atoms with van der Waals surface area (Å²) in [4.78, 5) is 14.9. The maximum absolute atomic E-state index is 12.4. The van der Waals surface area contributed by atoms with Gasteiger partial charge in [0.05, 0.1) is 0 Å². The number of carbonyl (C=O) groups excluding carboxylic acids is 1. The minimum Gasteiger partial charge on any atom is -0.451 e. The van der Waals surface area contributed by atoms with Gasteiger partial charge < -0.3 is 14.6 Å². The van der Waals surface area contributed by atoms with Crippen LogP contribution in [0.3, 0.4) is 0 Å². The van der Waals surface area contributed by atoms with Crippen LogP contribution < -0.4 is 5.32 Å². The van der Waals surface area contributed by atoms with E-state index in [1.54, 1.807) is 12.1 Å². The van der Waals surface area contributed by atoms with Crippen LogP contribution in [0, 0.1) is 6.92 Å². The quantitative estimate of drug-likeness (QED) is 0.815. The van der Waals surface area contributed by atoms with E-state index in [0.717, 1.165) is 23.9 Å². The molecule has 5 heteroatoms. The predicted molar refractivity (Wildman–Crippen MR) is 97.8 cm³/mol. The van der Waals surface area contributed by atoms with Crippen LogP contribution >= 0.6 is 11.6 Å². The molecule has 3 rings (SSSR count). The van der Waals surface area contributed by atoms with Crippen molar-refractivity contribution in [1.82, 2.24) is 10.2 Å². The van der Waals surface area contributed by atoms with Crippen molar-refractivity contribution in [2.24, 2.45) is 0 Å². The molecule has 0 bridgehead atoms. The number of aryl methyl sites for hydroxylation is 1. The van der Waals surface area contributed by atoms with Crippen molar-refractivity contribution in [3.63, 3.8) is 0 Å². The van der Waals surface area contributed by atoms with Crippen molar-refractivity contribution in [2.75, 3.05) is 19.6 Å². The molecule has 1 saturated heterocycles. The first kappa shape index (κ1) is 17.3. The highest BCUT2D eigenvalue weighted by atomic mass is 35.5. The Morgan fingerprint density at radius 2 is 2.25 bits per heavy atom. The van der Waals surface area contributed by atoms with Crippen LogP contribution in [-0.2, 0) is 0 Å². The van der Waals surface area contributed by atoms with Crippen LogP contribution in [0.4, 0.5) is 0 Å². The zero-order valence-corrected chi connectivity index (χ0v) is 15.2. The van der Waals surface area contributed by atoms with Gasteiger partial charge in [0.2, 0.25) is 0 Å². The number of nitrogens with one attached hydrogen (secondary N) is 1. The molecule has 2 aromatic rings. The molecule has 1 fully saturated rings. The Morgan fingerprint density at radius 3 is 3.04 bits per heavy atom. The molecule has 1 atom stereocenters. The van der Waals surface area contributed by atoms with Crippen molar-refractivity contribution < 1.29 is 9.21 Å². The second-order valence-corrected chi connectivity index (χ2v) is 7.12. The zero-order valence-electron chi connectivity index (χ0n) is 14.4. The second kappa shape index (κ2) is 7.58. The summed E-state index contributed by atoms with van der Waals surface area (Å²) < 4.78 is 5.70. The SMILES string of the molecule is Cc1c(C(=O)NCCCN2CCCC[C@@H]2C)oc2ccc(Cl)cc12. The molecule has 0 spiro atoms. The fourth-order valence-corrected chi connectivity index (χ4v) is 3.64. The Labute approximate surface area is 148 Å². The van der Waals surface area contributed by atoms with E-state index in [0.29, 0.717) is 29.0 Å². The summed E-state index contributed by atoms with van der Waals surface area (Å²) in [5.74, 6) is 0.241. The van der Waals surface area contributed by atoms with E-state index in [1.807, 2.05) is 13.0 Å². The molecular weight excluding hydrogens is 324 g/mol. The van der Waals surface area contributed by atoms with Crippen LogP contribution in [0.1, 0.15) is 48.7 Å². The highest BCUT2D eigenvalue weighted by molar-refractivity contribution is 6.31. The van der Waals surface area contributed by atoms with Crippen LogP contribution in [0.5, 0.6) is 0 Å². The third-order valence-electron chi connectivity index (χ3n) is 4.95. The van der Waals surface area contributed by atoms with Gasteiger partial charge in [-0.3, -0.25) is 4.79 Å². The van der Waals surface area contributed by atoms with E-state index in [1.165, 1.54) is 25.8 Å². The number of amides is 1. The van der Waals surface area contributed by atoms with Gasteiger partial charge in [0.1, 0.15) is 5.58 Å². The number of rotatable bonds is 5. The monoisotopic (exact) mass is 348 g/mol. The van der Waals surface area contributed by atoms with E-state index in [-0.39, 0.29) is 5.91 Å². The minimum absolute atomic E-state index is 0.147. The third kappa shape index (κ3) is 3.76. The number of fused-ring (bicyclic) bond motifs is 1. The molecule has 0 aliphatic carbocycles. The Balaban J connectivity index is 1.54. The smallest absolute Gasteiger partial charge is 0.287 e. The number of likely N-dealkylation sites (tertiary alicyclic amines) is 1. The summed E-state index contributed by atoms with van der Waals surface area (Å²) in [6.45, 7) is 7.07. The van der Waals surface area contributed by atoms with Crippen molar-refractivity contribution in [2.45, 2.75) is 45.6 Å². The number of benzene rings is 1. The fourth-order valence-electron chi connectivity index (χ4n) is 3.46. The van der Waals surface area contributed by atoms with Crippen LogP contribution in [-0.4, -0.2) is 36.5 Å². The highest BCUT2D eigenvalue weighted by Gasteiger charge is 2.19. The Kier molecular flexibility index (Phi) is 5.47. The number of furan rings is 1. The Morgan fingerprint density at radius 1 is 1.42 bits per heavy atom. The molecule has 4 nitrogen and oxygen atoms in total. The van der Waals surface area contributed by atoms with E-state index < -0.39 is 0 Å². The van der Waals surface area contributed by atoms with E-state index >= 15 is 0 Å². The maximum Gasteiger partial charge on any atom is 0.287 e. The number of hydrogen-bond donors (Lipinski definition) is 1. The molecule has 24 heavy (non-hydrogen) atoms. The molecule has 1 aromatic carbocycles. The average molecular weight is 349 g/mol. The summed E-state index contributed by atoms with van der Waals surface area (Å²) in [5.41, 5.74) is 1.54. The number of carbonyl (C=O) groups is 1. The van der Waals surface area contributed by atoms with Gasteiger partial charge in [-0.25, -0.2) is 0 Å². The first-order valence-corrected chi connectivity index (χ1v) is 9.15. The first-order chi connectivity index (χ1) is 11.6. The molecule has 130 valence electrons. The minimum atomic E-state index is -0.147. The molecule has 1 aromatic heterocycles. The lowest BCUT2D eigenvalue weighted by Gasteiger charge is -2.33. The zero-order chi connectivity index (χ0) is 17.1. The van der Waals surface area contributed by atoms with Crippen molar-refractivity contribution in [1.29, 1.82) is 0 Å². The van der Waals surface area contributed by atoms with E-state index in [4.69, 9.17) is 16.0 Å². The lowest BCUT2D eigenvalue weighted by atomic mass is 10.0. The molecule has 2 heterocycles. The van der Waals surface area contributed by atoms with Crippen LogP contribution in [0.15, 0.2) is 22.6 Å². The number of hydrogen-bond acceptors (Lipinski definition) is 3. The Hall–Kier alpha value is -1.52. The van der Waals surface area contributed by atoms with Gasteiger partial charge in [0.15, 0.2) is 5.76 Å². The van der Waals surface area contributed by atoms with Gasteiger partial charge in [-0.1, -0.05) is 18.0 Å². The predicted octanol–water partition coefficient (Wildman–Crippen LogP) is 4.39. The summed E-state index contributed by atoms with van der Waals surface area (Å²) in [5, 5.41) is 4.52. The number of halogens is 1. The molecule has 1 aliphatic rings. The number of nitrogens with zero attached hydrogens (tertiary/aromatic N) is 1. The van der Waals surface area contributed by atoms with Gasteiger partial charge in [-0.15, -0.1) is 0 Å². The maximum atomic E-state index is 12.4. The molecule has 0 unspecified atom stereocenters. The topological polar surface area (TPSA) is 45.5 Å². The van der Waals surface area contributed by atoms with Crippen molar-refractivity contribution >= 4 is 28.5 Å². The third-order valence-corrected chi connectivity index (χ3v) is 5.19. The lowest BCUT2D eigenvalue weighted by Crippen LogP contribution is -2.39. The summed E-state index contributed by atoms with van der Waals surface area (Å²) in [6, 6.07) is 6.08. The second-order valence-electron chi connectivity index (χ2n) is 6.69. The molecule has 0 saturated carbocycles. The highest BCUT2D eigenvalue weighted by Crippen LogP contribution is 2.27. The van der Waals surface area contributed by atoms with Crippen molar-refractivity contribution in [3.05, 3.63) is 34.5 Å². The fraction of sp³-hybridized carbons (Fsp3) is 0.526. The van der Waals surface area contributed by atoms with Gasteiger partial charge in [0, 0.05) is 35.1 Å². The van der Waals surface area contributed by atoms with Gasteiger partial charge in [-0.2, -0.15) is 0 Å². The molecular formula is C19H25ClN2O2. The summed E-state index contributed by atoms with van der Waals surface area (Å²) in [6.07, 6.45) is 4.87. The molecule has 1 aliphatic heterocycles. The largest absolute Gasteiger partial charge is 0.451 e. The number of piperidine rings is 1. The standard InChI is InChI=1S/C19H25ClN2O2/c1-13-6-3-4-10-22(13)11-5-9-21-19(23)18-14(2)16-12-15(20)7-8-17(16)24-18/h7-8,12-13H,3-6,9-11H2,1-2H3,(H,21,23)/t13-/m0/s1. The Bertz CT molecular complexity index is 725. The first-order valence-electron chi connectivity index (χ1n) is 8.77. The van der Waals surface area contributed by atoms with Gasteiger partial charge >= 0.3 is 0 Å². The van der Waals surface area contributed by atoms with Crippen LogP contribution in [0.25, 0.3) is 11.0 Å². The normalized spacial score (nSPS) is 18.9. The van der Waals surface area contributed by atoms with Gasteiger partial charge in [0.25, 0.3) is 5.91 Å². The summed E-state index contributed by atoms with van der Waals surface area (Å²) >= 11 is 6.02. The van der Waals surface area contributed by atoms with Crippen LogP contribution in [0.2, 0.25) is 5.02 Å². The molecule has 1 amide bonds. The lowest BCUT2D eigenvalue weighted by molar-refractivity contribution is 0.0922. The average Bonchev–Trinajstić information content (AvgIpc) is 2.89. The van der Waals surface area contributed by atoms with Crippen molar-refractivity contribution in [3.8, 4) is 0 Å². The van der Waals surface area contributed by atoms with E-state index in [9.17, 15) is 4.79 Å². The molecule has 1 N–H and O–H groups in total.